The van der Waals surface area contributed by atoms with Gasteiger partial charge in [0.25, 0.3) is 5.56 Å². The van der Waals surface area contributed by atoms with Gasteiger partial charge in [0.2, 0.25) is 5.95 Å². The number of aromatic amines is 1. The van der Waals surface area contributed by atoms with Gasteiger partial charge in [0.1, 0.15) is 4.47 Å². The zero-order valence-corrected chi connectivity index (χ0v) is 8.21. The number of esters is 1. The van der Waals surface area contributed by atoms with Crippen LogP contribution in [0.25, 0.3) is 0 Å². The van der Waals surface area contributed by atoms with Gasteiger partial charge in [-0.15, -0.1) is 0 Å². The predicted octanol–water partition coefficient (Wildman–Crippen LogP) is -0.0988. The number of nitrogen functional groups attached to an aromatic ring is 1. The summed E-state index contributed by atoms with van der Waals surface area (Å²) in [6.07, 6.45) is 0. The first-order valence-corrected chi connectivity index (χ1v) is 3.99. The highest BCUT2D eigenvalue weighted by Crippen LogP contribution is 2.10. The molecule has 0 saturated carbocycles. The van der Waals surface area contributed by atoms with Crippen molar-refractivity contribution in [2.45, 2.75) is 0 Å². The second kappa shape index (κ2) is 3.56. The number of halogens is 1. The zero-order chi connectivity index (χ0) is 10.0. The average Bonchev–Trinajstić information content (AvgIpc) is 2.10. The molecule has 0 saturated heterocycles. The molecule has 1 aromatic rings. The molecule has 0 aliphatic carbocycles. The fourth-order valence-corrected chi connectivity index (χ4v) is 1.06. The minimum Gasteiger partial charge on any atom is -0.464 e. The van der Waals surface area contributed by atoms with Crippen molar-refractivity contribution in [2.75, 3.05) is 12.8 Å². The first-order valence-electron chi connectivity index (χ1n) is 3.20. The first-order chi connectivity index (χ1) is 6.06. The number of H-pyrrole nitrogens is 1. The van der Waals surface area contributed by atoms with Gasteiger partial charge in [0, 0.05) is 0 Å². The molecule has 6 nitrogen and oxygen atoms in total. The number of hydrogen-bond acceptors (Lipinski definition) is 5. The minimum absolute atomic E-state index is 0.00792. The highest BCUT2D eigenvalue weighted by molar-refractivity contribution is 9.10. The number of carbonyl (C=O) groups excluding carboxylic acids is 1. The third kappa shape index (κ3) is 1.86. The smallest absolute Gasteiger partial charge is 0.358 e. The summed E-state index contributed by atoms with van der Waals surface area (Å²) in [6.45, 7) is 0. The lowest BCUT2D eigenvalue weighted by molar-refractivity contribution is 0.0592. The van der Waals surface area contributed by atoms with Crippen LogP contribution in [0.3, 0.4) is 0 Å². The first kappa shape index (κ1) is 9.72. The Balaban J connectivity index is 3.37. The van der Waals surface area contributed by atoms with Gasteiger partial charge in [-0.1, -0.05) is 0 Å². The van der Waals surface area contributed by atoms with Crippen LogP contribution in [0.5, 0.6) is 0 Å². The molecule has 0 aromatic carbocycles. The Kier molecular flexibility index (Phi) is 2.66. The molecule has 0 atom stereocenters. The topological polar surface area (TPSA) is 98.1 Å². The number of ether oxygens (including phenoxy) is 1. The maximum absolute atomic E-state index is 11.1. The Morgan fingerprint density at radius 2 is 2.31 bits per heavy atom. The van der Waals surface area contributed by atoms with Gasteiger partial charge in [-0.05, 0) is 15.9 Å². The van der Waals surface area contributed by atoms with E-state index in [2.05, 4.69) is 30.6 Å². The minimum atomic E-state index is -0.718. The van der Waals surface area contributed by atoms with Crippen molar-refractivity contribution >= 4 is 27.8 Å². The second-order valence-corrected chi connectivity index (χ2v) is 2.90. The van der Waals surface area contributed by atoms with Gasteiger partial charge in [-0.3, -0.25) is 9.78 Å². The molecule has 3 N–H and O–H groups in total. The van der Waals surface area contributed by atoms with Crippen molar-refractivity contribution in [1.29, 1.82) is 0 Å². The molecule has 70 valence electrons. The van der Waals surface area contributed by atoms with E-state index in [0.29, 0.717) is 0 Å². The maximum atomic E-state index is 11.1. The zero-order valence-electron chi connectivity index (χ0n) is 6.63. The van der Waals surface area contributed by atoms with E-state index in [1.165, 1.54) is 7.11 Å². The molecule has 13 heavy (non-hydrogen) atoms. The largest absolute Gasteiger partial charge is 0.464 e. The van der Waals surface area contributed by atoms with E-state index in [1.54, 1.807) is 0 Å². The van der Waals surface area contributed by atoms with Crippen LogP contribution >= 0.6 is 15.9 Å². The van der Waals surface area contributed by atoms with Crippen LogP contribution in [-0.2, 0) is 4.74 Å². The lowest BCUT2D eigenvalue weighted by Gasteiger charge is -2.00. The summed E-state index contributed by atoms with van der Waals surface area (Å²) < 4.78 is 4.40. The van der Waals surface area contributed by atoms with E-state index < -0.39 is 11.5 Å². The normalized spacial score (nSPS) is 9.69. The van der Waals surface area contributed by atoms with Crippen LogP contribution in [0.15, 0.2) is 9.27 Å². The molecule has 0 aliphatic heterocycles. The molecule has 7 heteroatoms. The van der Waals surface area contributed by atoms with E-state index >= 15 is 0 Å². The Hall–Kier alpha value is -1.37. The monoisotopic (exact) mass is 247 g/mol. The van der Waals surface area contributed by atoms with Gasteiger partial charge in [-0.2, -0.15) is 0 Å². The molecule has 0 bridgehead atoms. The Morgan fingerprint density at radius 1 is 1.69 bits per heavy atom. The number of aromatic nitrogens is 2. The summed E-state index contributed by atoms with van der Waals surface area (Å²) in [6, 6.07) is 0. The van der Waals surface area contributed by atoms with Crippen molar-refractivity contribution in [2.24, 2.45) is 0 Å². The molecule has 0 spiro atoms. The third-order valence-corrected chi connectivity index (χ3v) is 2.00. The molecule has 0 fully saturated rings. The lowest BCUT2D eigenvalue weighted by Crippen LogP contribution is -2.18. The molecular weight excluding hydrogens is 242 g/mol. The van der Waals surface area contributed by atoms with Crippen molar-refractivity contribution in [3.63, 3.8) is 0 Å². The van der Waals surface area contributed by atoms with Crippen LogP contribution in [0.4, 0.5) is 5.95 Å². The Morgan fingerprint density at radius 3 is 2.85 bits per heavy atom. The fourth-order valence-electron chi connectivity index (χ4n) is 0.708. The molecular formula is C6H6BrN3O3. The van der Waals surface area contributed by atoms with Gasteiger partial charge < -0.3 is 10.5 Å². The Labute approximate surface area is 81.2 Å². The van der Waals surface area contributed by atoms with Crippen molar-refractivity contribution in [3.8, 4) is 0 Å². The van der Waals surface area contributed by atoms with Crippen molar-refractivity contribution in [3.05, 3.63) is 20.5 Å². The molecule has 0 radical (unpaired) electrons. The van der Waals surface area contributed by atoms with Crippen molar-refractivity contribution < 1.29 is 9.53 Å². The van der Waals surface area contributed by atoms with E-state index in [1.807, 2.05) is 0 Å². The number of nitrogens with zero attached hydrogens (tertiary/aromatic N) is 1. The number of methoxy groups -OCH3 is 1. The molecule has 0 unspecified atom stereocenters. The van der Waals surface area contributed by atoms with Crippen LogP contribution in [0.1, 0.15) is 10.5 Å². The predicted molar refractivity (Wildman–Crippen MR) is 48.3 cm³/mol. The highest BCUT2D eigenvalue weighted by Gasteiger charge is 2.15. The van der Waals surface area contributed by atoms with Crippen LogP contribution in [0.2, 0.25) is 0 Å². The van der Waals surface area contributed by atoms with Crippen molar-refractivity contribution in [1.82, 2.24) is 9.97 Å². The summed E-state index contributed by atoms with van der Waals surface area (Å²) in [5.74, 6) is -0.849. The standard InChI is InChI=1S/C6H6BrN3O3/c1-13-5(12)3-2(7)4(11)10-6(8)9-3/h1H3,(H3,8,9,10,11). The van der Waals surface area contributed by atoms with E-state index in [-0.39, 0.29) is 16.1 Å². The SMILES string of the molecule is COC(=O)c1nc(N)[nH]c(=O)c1Br. The van der Waals surface area contributed by atoms with E-state index in [4.69, 9.17) is 5.73 Å². The van der Waals surface area contributed by atoms with Gasteiger partial charge in [-0.25, -0.2) is 9.78 Å². The summed E-state index contributed by atoms with van der Waals surface area (Å²) in [5.41, 5.74) is 4.57. The second-order valence-electron chi connectivity index (χ2n) is 2.11. The summed E-state index contributed by atoms with van der Waals surface area (Å²) >= 11 is 2.89. The number of anilines is 1. The lowest BCUT2D eigenvalue weighted by atomic mass is 10.4. The average molecular weight is 248 g/mol. The van der Waals surface area contributed by atoms with Gasteiger partial charge in [0.15, 0.2) is 5.69 Å². The summed E-state index contributed by atoms with van der Waals surface area (Å²) in [4.78, 5) is 27.9. The highest BCUT2D eigenvalue weighted by atomic mass is 79.9. The molecule has 0 aliphatic rings. The molecule has 0 amide bonds. The maximum Gasteiger partial charge on any atom is 0.358 e. The quantitative estimate of drug-likeness (QED) is 0.676. The Bertz CT molecular complexity index is 401. The fraction of sp³-hybridized carbons (Fsp3) is 0.167. The van der Waals surface area contributed by atoms with Gasteiger partial charge >= 0.3 is 5.97 Å². The number of nitrogens with one attached hydrogen (secondary N) is 1. The van der Waals surface area contributed by atoms with Crippen LogP contribution in [-0.4, -0.2) is 23.0 Å². The molecule has 1 rings (SSSR count). The number of rotatable bonds is 1. The molecule has 1 heterocycles. The molecule has 1 aromatic heterocycles. The summed E-state index contributed by atoms with van der Waals surface area (Å²) in [5, 5.41) is 0. The summed E-state index contributed by atoms with van der Waals surface area (Å²) in [7, 11) is 1.19. The van der Waals surface area contributed by atoms with Crippen LogP contribution in [0, 0.1) is 0 Å². The van der Waals surface area contributed by atoms with E-state index in [0.717, 1.165) is 0 Å². The van der Waals surface area contributed by atoms with Crippen LogP contribution < -0.4 is 11.3 Å². The third-order valence-electron chi connectivity index (χ3n) is 1.26. The number of hydrogen-bond donors (Lipinski definition) is 2. The van der Waals surface area contributed by atoms with E-state index in [9.17, 15) is 9.59 Å². The number of nitrogens with two attached hydrogens (primary N) is 1. The van der Waals surface area contributed by atoms with Gasteiger partial charge in [0.05, 0.1) is 7.11 Å². The number of carbonyl (C=O) groups is 1.